The third kappa shape index (κ3) is 6.07. The van der Waals surface area contributed by atoms with E-state index in [0.29, 0.717) is 35.0 Å². The average Bonchev–Trinajstić information content (AvgIpc) is 3.43. The number of aromatic nitrogens is 2. The second kappa shape index (κ2) is 11.4. The highest BCUT2D eigenvalue weighted by Crippen LogP contribution is 2.32. The van der Waals surface area contributed by atoms with Gasteiger partial charge < -0.3 is 19.8 Å². The first kappa shape index (κ1) is 20.2. The molecule has 0 atom stereocenters. The lowest BCUT2D eigenvalue weighted by molar-refractivity contribution is 0.306. The van der Waals surface area contributed by atoms with Crippen molar-refractivity contribution in [2.75, 3.05) is 11.8 Å². The van der Waals surface area contributed by atoms with Gasteiger partial charge >= 0.3 is 0 Å². The van der Waals surface area contributed by atoms with E-state index in [4.69, 9.17) is 26.2 Å². The molecule has 6 nitrogen and oxygen atoms in total. The summed E-state index contributed by atoms with van der Waals surface area (Å²) in [6, 6.07) is 19.2. The van der Waals surface area contributed by atoms with Crippen LogP contribution in [0.4, 0.5) is 15.9 Å². The highest BCUT2D eigenvalue weighted by atomic mass is 35.5. The monoisotopic (exact) mass is 520 g/mol. The Morgan fingerprint density at radius 1 is 1.05 bits per heavy atom. The number of hydrogen-bond donors (Lipinski definition) is 2. The van der Waals surface area contributed by atoms with E-state index in [9.17, 15) is 4.39 Å². The first-order chi connectivity index (χ1) is 19.5. The third-order valence-electron chi connectivity index (χ3n) is 5.44. The summed E-state index contributed by atoms with van der Waals surface area (Å²) in [7, 11) is 0. The van der Waals surface area contributed by atoms with Crippen LogP contribution in [-0.4, -0.2) is 16.5 Å². The Morgan fingerprint density at radius 2 is 1.97 bits per heavy atom. The summed E-state index contributed by atoms with van der Waals surface area (Å²) in [5.41, 5.74) is 2.10. The molecular weight excluding hydrogens is 491 g/mol. The lowest BCUT2D eigenvalue weighted by atomic mass is 10.1. The highest BCUT2D eigenvalue weighted by Gasteiger charge is 2.11. The van der Waals surface area contributed by atoms with E-state index in [0.717, 1.165) is 17.0 Å². The Hall–Kier alpha value is -3.94. The molecule has 5 rings (SSSR count). The number of fused-ring (bicyclic) bond motifs is 1. The normalized spacial score (nSPS) is 13.5. The molecule has 0 aliphatic heterocycles. The number of hydrogen-bond acceptors (Lipinski definition) is 6. The minimum atomic E-state index is -2.30. The maximum atomic E-state index is 13.6. The van der Waals surface area contributed by atoms with Crippen LogP contribution in [0.3, 0.4) is 0 Å². The van der Waals surface area contributed by atoms with Crippen LogP contribution in [0.1, 0.15) is 30.2 Å². The lowest BCUT2D eigenvalue weighted by Crippen LogP contribution is -2.12. The van der Waals surface area contributed by atoms with Gasteiger partial charge in [0.2, 0.25) is 0 Å². The van der Waals surface area contributed by atoms with Crippen LogP contribution in [0.25, 0.3) is 22.2 Å². The summed E-state index contributed by atoms with van der Waals surface area (Å²) in [5, 5.41) is 6.94. The number of nitrogens with one attached hydrogen (secondary N) is 2. The molecule has 2 aromatic heterocycles. The molecule has 2 N–H and O–H groups in total. The molecule has 0 unspecified atom stereocenters. The van der Waals surface area contributed by atoms with Crippen molar-refractivity contribution in [3.05, 3.63) is 101 Å². The van der Waals surface area contributed by atoms with Crippen molar-refractivity contribution in [2.24, 2.45) is 0 Å². The SMILES string of the molecule is [2H]C([2H])(CC)NCc1ccc(-c2ccc3ncnc(Nc4ccc(OC([2H])([2H])c5cccc(F)c5)c(Cl)c4)c3c2)o1. The maximum Gasteiger partial charge on any atom is 0.141 e. The van der Waals surface area contributed by atoms with Crippen molar-refractivity contribution in [3.8, 4) is 17.1 Å². The molecule has 0 radical (unpaired) electrons. The van der Waals surface area contributed by atoms with Gasteiger partial charge in [0, 0.05) is 19.4 Å². The highest BCUT2D eigenvalue weighted by molar-refractivity contribution is 6.32. The van der Waals surface area contributed by atoms with Gasteiger partial charge in [0.15, 0.2) is 0 Å². The van der Waals surface area contributed by atoms with Gasteiger partial charge in [-0.3, -0.25) is 0 Å². The molecule has 2 heterocycles. The van der Waals surface area contributed by atoms with E-state index in [-0.39, 0.29) is 22.9 Å². The zero-order valence-electron chi connectivity index (χ0n) is 23.9. The number of benzene rings is 3. The molecule has 8 heteroatoms. The summed E-state index contributed by atoms with van der Waals surface area (Å²) in [5.74, 6) is 1.27. The molecule has 0 saturated heterocycles. The molecule has 0 bridgehead atoms. The van der Waals surface area contributed by atoms with Crippen LogP contribution >= 0.6 is 11.6 Å². The molecule has 3 aromatic carbocycles. The van der Waals surface area contributed by atoms with E-state index in [1.807, 2.05) is 24.3 Å². The van der Waals surface area contributed by atoms with Crippen LogP contribution < -0.4 is 15.4 Å². The van der Waals surface area contributed by atoms with Crippen LogP contribution in [0.5, 0.6) is 5.75 Å². The molecule has 0 saturated carbocycles. The lowest BCUT2D eigenvalue weighted by Gasteiger charge is -2.12. The maximum absolute atomic E-state index is 13.6. The fraction of sp³-hybridized carbons (Fsp3) is 0.172. The van der Waals surface area contributed by atoms with Crippen molar-refractivity contribution in [3.63, 3.8) is 0 Å². The summed E-state index contributed by atoms with van der Waals surface area (Å²) in [4.78, 5) is 8.74. The first-order valence-electron chi connectivity index (χ1n) is 13.6. The number of nitrogens with zero attached hydrogens (tertiary/aromatic N) is 2. The van der Waals surface area contributed by atoms with E-state index in [1.54, 1.807) is 25.1 Å². The van der Waals surface area contributed by atoms with E-state index >= 15 is 0 Å². The summed E-state index contributed by atoms with van der Waals surface area (Å²) in [6.07, 6.45) is 1.78. The van der Waals surface area contributed by atoms with Crippen molar-refractivity contribution < 1.29 is 19.0 Å². The summed E-state index contributed by atoms with van der Waals surface area (Å²) < 4.78 is 57.2. The quantitative estimate of drug-likeness (QED) is 0.198. The second-order valence-electron chi connectivity index (χ2n) is 8.09. The topological polar surface area (TPSA) is 72.2 Å². The van der Waals surface area contributed by atoms with Gasteiger partial charge in [0.25, 0.3) is 0 Å². The predicted octanol–water partition coefficient (Wildman–Crippen LogP) is 7.50. The van der Waals surface area contributed by atoms with Gasteiger partial charge in [-0.2, -0.15) is 0 Å². The third-order valence-corrected chi connectivity index (χ3v) is 5.74. The van der Waals surface area contributed by atoms with Crippen molar-refractivity contribution in [2.45, 2.75) is 26.4 Å². The standard InChI is InChI=1S/C29H26ClFN4O2/c1-2-12-32-16-23-8-11-27(37-23)20-6-9-26-24(14-20)29(34-18-33-26)35-22-7-10-28(25(30)15-22)36-17-19-4-3-5-21(31)13-19/h3-11,13-15,18,32H,2,12,16-17H2,1H3,(H,33,34,35)/i12D2,17D2. The fourth-order valence-electron chi connectivity index (χ4n) is 3.68. The Balaban J connectivity index is 1.36. The van der Waals surface area contributed by atoms with Gasteiger partial charge in [-0.1, -0.05) is 30.7 Å². The zero-order chi connectivity index (χ0) is 29.2. The largest absolute Gasteiger partial charge is 0.487 e. The van der Waals surface area contributed by atoms with Gasteiger partial charge in [-0.25, -0.2) is 14.4 Å². The van der Waals surface area contributed by atoms with E-state index in [1.165, 1.54) is 30.6 Å². The molecule has 188 valence electrons. The van der Waals surface area contributed by atoms with Gasteiger partial charge in [-0.15, -0.1) is 0 Å². The first-order valence-corrected chi connectivity index (χ1v) is 12.0. The van der Waals surface area contributed by atoms with Crippen molar-refractivity contribution in [1.82, 2.24) is 15.3 Å². The van der Waals surface area contributed by atoms with Crippen LogP contribution in [-0.2, 0) is 13.1 Å². The van der Waals surface area contributed by atoms with Crippen molar-refractivity contribution in [1.29, 1.82) is 0 Å². The fourth-order valence-corrected chi connectivity index (χ4v) is 3.90. The molecular formula is C29H26ClFN4O2. The molecule has 37 heavy (non-hydrogen) atoms. The number of furan rings is 1. The average molecular weight is 521 g/mol. The molecule has 0 spiro atoms. The van der Waals surface area contributed by atoms with Crippen molar-refractivity contribution >= 4 is 34.0 Å². The Morgan fingerprint density at radius 3 is 2.81 bits per heavy atom. The molecule has 5 aromatic rings. The minimum Gasteiger partial charge on any atom is -0.487 e. The van der Waals surface area contributed by atoms with Crippen LogP contribution in [0, 0.1) is 5.82 Å². The number of halogens is 2. The van der Waals surface area contributed by atoms with E-state index in [2.05, 4.69) is 20.6 Å². The summed E-state index contributed by atoms with van der Waals surface area (Å²) >= 11 is 6.43. The minimum absolute atomic E-state index is 0.0285. The predicted molar refractivity (Wildman–Crippen MR) is 145 cm³/mol. The Labute approximate surface area is 225 Å². The van der Waals surface area contributed by atoms with Gasteiger partial charge in [0.05, 0.1) is 19.8 Å². The molecule has 0 aliphatic carbocycles. The van der Waals surface area contributed by atoms with Crippen LogP contribution in [0.15, 0.2) is 83.5 Å². The molecule has 0 amide bonds. The Kier molecular flexibility index (Phi) is 6.22. The zero-order valence-corrected chi connectivity index (χ0v) is 20.6. The summed E-state index contributed by atoms with van der Waals surface area (Å²) in [6.45, 7) is -1.75. The Bertz CT molecular complexity index is 1700. The second-order valence-corrected chi connectivity index (χ2v) is 8.50. The number of rotatable bonds is 10. The molecule has 0 fully saturated rings. The smallest absolute Gasteiger partial charge is 0.141 e. The van der Waals surface area contributed by atoms with Gasteiger partial charge in [-0.05, 0) is 79.1 Å². The molecule has 0 aliphatic rings. The van der Waals surface area contributed by atoms with E-state index < -0.39 is 18.9 Å². The number of anilines is 2. The van der Waals surface area contributed by atoms with Crippen LogP contribution in [0.2, 0.25) is 5.02 Å². The number of ether oxygens (including phenoxy) is 1. The van der Waals surface area contributed by atoms with Gasteiger partial charge in [0.1, 0.15) is 41.8 Å².